The summed E-state index contributed by atoms with van der Waals surface area (Å²) in [5.74, 6) is 0.496. The van der Waals surface area contributed by atoms with Gasteiger partial charge in [0.15, 0.2) is 0 Å². The number of anilines is 1. The Morgan fingerprint density at radius 1 is 1.27 bits per heavy atom. The number of hydrogen-bond donors (Lipinski definition) is 1. The first kappa shape index (κ1) is 10.4. The molecule has 15 heavy (non-hydrogen) atoms. The molecule has 1 heterocycles. The third-order valence-corrected chi connectivity index (χ3v) is 3.12. The van der Waals surface area contributed by atoms with Crippen molar-refractivity contribution in [2.24, 2.45) is 0 Å². The first-order chi connectivity index (χ1) is 7.18. The molecule has 1 aliphatic rings. The first-order valence-corrected chi connectivity index (χ1v) is 5.57. The fraction of sp³-hybridized carbons (Fsp3) is 0.583. The van der Waals surface area contributed by atoms with E-state index in [0.29, 0.717) is 25.1 Å². The van der Waals surface area contributed by atoms with Crippen LogP contribution < -0.4 is 5.73 Å². The van der Waals surface area contributed by atoms with Crippen molar-refractivity contribution < 1.29 is 4.39 Å². The lowest BCUT2D eigenvalue weighted by Gasteiger charge is -2.29. The molecule has 0 bridgehead atoms. The smallest absolute Gasteiger partial charge is 0.123 e. The van der Waals surface area contributed by atoms with Gasteiger partial charge in [-0.25, -0.2) is 9.37 Å². The number of nitrogen functional groups attached to an aromatic ring is 1. The van der Waals surface area contributed by atoms with Crippen LogP contribution in [0.3, 0.4) is 0 Å². The number of rotatable bonds is 2. The highest BCUT2D eigenvalue weighted by molar-refractivity contribution is 5.29. The number of nitrogens with two attached hydrogens (primary N) is 1. The van der Waals surface area contributed by atoms with Gasteiger partial charge in [0.1, 0.15) is 11.5 Å². The summed E-state index contributed by atoms with van der Waals surface area (Å²) < 4.78 is 14.3. The van der Waals surface area contributed by atoms with Crippen molar-refractivity contribution in [1.29, 1.82) is 0 Å². The quantitative estimate of drug-likeness (QED) is 0.811. The van der Waals surface area contributed by atoms with Crippen LogP contribution in [0, 0.1) is 0 Å². The lowest BCUT2D eigenvalue weighted by Crippen LogP contribution is -2.28. The molecule has 0 saturated heterocycles. The highest BCUT2D eigenvalue weighted by Gasteiger charge is 2.31. The van der Waals surface area contributed by atoms with E-state index in [4.69, 9.17) is 5.73 Å². The van der Waals surface area contributed by atoms with Crippen LogP contribution >= 0.6 is 0 Å². The molecule has 0 aliphatic heterocycles. The molecule has 0 amide bonds. The number of alkyl halides is 1. The van der Waals surface area contributed by atoms with E-state index in [9.17, 15) is 4.39 Å². The third-order valence-electron chi connectivity index (χ3n) is 3.12. The minimum absolute atomic E-state index is 0.486. The first-order valence-electron chi connectivity index (χ1n) is 5.57. The average molecular weight is 208 g/mol. The largest absolute Gasteiger partial charge is 0.384 e. The van der Waals surface area contributed by atoms with Crippen LogP contribution in [0.4, 0.5) is 10.2 Å². The SMILES string of the molecule is Nc1ccc(CC2(F)CCCCC2)cn1. The number of pyridine rings is 1. The van der Waals surface area contributed by atoms with Gasteiger partial charge in [0.2, 0.25) is 0 Å². The molecule has 2 rings (SSSR count). The molecule has 82 valence electrons. The van der Waals surface area contributed by atoms with E-state index in [1.54, 1.807) is 12.3 Å². The van der Waals surface area contributed by atoms with E-state index in [1.807, 2.05) is 6.07 Å². The fourth-order valence-corrected chi connectivity index (χ4v) is 2.27. The molecule has 3 heteroatoms. The monoisotopic (exact) mass is 208 g/mol. The molecule has 0 spiro atoms. The van der Waals surface area contributed by atoms with Crippen molar-refractivity contribution in [2.75, 3.05) is 5.73 Å². The number of aromatic nitrogens is 1. The molecule has 2 nitrogen and oxygen atoms in total. The fourth-order valence-electron chi connectivity index (χ4n) is 2.27. The van der Waals surface area contributed by atoms with E-state index >= 15 is 0 Å². The van der Waals surface area contributed by atoms with Gasteiger partial charge in [0.25, 0.3) is 0 Å². The highest BCUT2D eigenvalue weighted by Crippen LogP contribution is 2.34. The second kappa shape index (κ2) is 4.17. The van der Waals surface area contributed by atoms with Gasteiger partial charge < -0.3 is 5.73 Å². The number of nitrogens with zero attached hydrogens (tertiary/aromatic N) is 1. The second-order valence-electron chi connectivity index (χ2n) is 4.48. The van der Waals surface area contributed by atoms with Gasteiger partial charge in [-0.2, -0.15) is 0 Å². The van der Waals surface area contributed by atoms with Crippen molar-refractivity contribution in [2.45, 2.75) is 44.2 Å². The Hall–Kier alpha value is -1.12. The molecule has 1 aromatic rings. The summed E-state index contributed by atoms with van der Waals surface area (Å²) in [6.07, 6.45) is 6.75. The third kappa shape index (κ3) is 2.67. The minimum atomic E-state index is -1.00. The van der Waals surface area contributed by atoms with Gasteiger partial charge >= 0.3 is 0 Å². The Balaban J connectivity index is 2.03. The molecule has 0 unspecified atom stereocenters. The van der Waals surface area contributed by atoms with Crippen molar-refractivity contribution in [3.8, 4) is 0 Å². The molecule has 0 radical (unpaired) electrons. The summed E-state index contributed by atoms with van der Waals surface area (Å²) in [7, 11) is 0. The normalized spacial score (nSPS) is 20.1. The second-order valence-corrected chi connectivity index (χ2v) is 4.48. The van der Waals surface area contributed by atoms with Crippen LogP contribution in [-0.4, -0.2) is 10.7 Å². The maximum absolute atomic E-state index is 14.3. The minimum Gasteiger partial charge on any atom is -0.384 e. The summed E-state index contributed by atoms with van der Waals surface area (Å²) >= 11 is 0. The van der Waals surface area contributed by atoms with Crippen LogP contribution in [0.5, 0.6) is 0 Å². The zero-order chi connectivity index (χ0) is 10.7. The average Bonchev–Trinajstić information content (AvgIpc) is 2.22. The van der Waals surface area contributed by atoms with Crippen LogP contribution in [0.15, 0.2) is 18.3 Å². The highest BCUT2D eigenvalue weighted by atomic mass is 19.1. The summed E-state index contributed by atoms with van der Waals surface area (Å²) in [6, 6.07) is 3.61. The van der Waals surface area contributed by atoms with Crippen LogP contribution in [0.2, 0.25) is 0 Å². The van der Waals surface area contributed by atoms with Gasteiger partial charge in [0.05, 0.1) is 0 Å². The van der Waals surface area contributed by atoms with Gasteiger partial charge in [-0.15, -0.1) is 0 Å². The van der Waals surface area contributed by atoms with E-state index < -0.39 is 5.67 Å². The number of halogens is 1. The van der Waals surface area contributed by atoms with Crippen LogP contribution in [0.1, 0.15) is 37.7 Å². The van der Waals surface area contributed by atoms with E-state index in [2.05, 4.69) is 4.98 Å². The predicted molar refractivity (Wildman–Crippen MR) is 59.3 cm³/mol. The summed E-state index contributed by atoms with van der Waals surface area (Å²) in [5.41, 5.74) is 5.44. The van der Waals surface area contributed by atoms with E-state index in [1.165, 1.54) is 6.42 Å². The predicted octanol–water partition coefficient (Wildman–Crippen LogP) is 2.88. The molecule has 0 atom stereocenters. The van der Waals surface area contributed by atoms with Crippen LogP contribution in [0.25, 0.3) is 0 Å². The van der Waals surface area contributed by atoms with Gasteiger partial charge in [-0.3, -0.25) is 0 Å². The summed E-state index contributed by atoms with van der Waals surface area (Å²) in [6.45, 7) is 0. The molecule has 0 aromatic carbocycles. The molecular formula is C12H17FN2. The summed E-state index contributed by atoms with van der Waals surface area (Å²) in [4.78, 5) is 3.99. The lowest BCUT2D eigenvalue weighted by atomic mass is 9.82. The standard InChI is InChI=1S/C12H17FN2/c13-12(6-2-1-3-7-12)8-10-4-5-11(14)15-9-10/h4-5,9H,1-3,6-8H2,(H2,14,15). The molecule has 1 aliphatic carbocycles. The summed E-state index contributed by atoms with van der Waals surface area (Å²) in [5, 5.41) is 0. The molecule has 1 aromatic heterocycles. The maximum Gasteiger partial charge on any atom is 0.123 e. The lowest BCUT2D eigenvalue weighted by molar-refractivity contribution is 0.107. The Labute approximate surface area is 89.7 Å². The molecule has 2 N–H and O–H groups in total. The topological polar surface area (TPSA) is 38.9 Å². The zero-order valence-corrected chi connectivity index (χ0v) is 8.88. The van der Waals surface area contributed by atoms with E-state index in [0.717, 1.165) is 18.4 Å². The van der Waals surface area contributed by atoms with Gasteiger partial charge in [0, 0.05) is 12.6 Å². The molecule has 1 fully saturated rings. The van der Waals surface area contributed by atoms with Crippen molar-refractivity contribution >= 4 is 5.82 Å². The van der Waals surface area contributed by atoms with Crippen molar-refractivity contribution in [3.05, 3.63) is 23.9 Å². The number of hydrogen-bond acceptors (Lipinski definition) is 2. The Morgan fingerprint density at radius 3 is 2.60 bits per heavy atom. The van der Waals surface area contributed by atoms with Gasteiger partial charge in [-0.1, -0.05) is 25.3 Å². The Kier molecular flexibility index (Phi) is 2.89. The Morgan fingerprint density at radius 2 is 2.00 bits per heavy atom. The van der Waals surface area contributed by atoms with E-state index in [-0.39, 0.29) is 0 Å². The van der Waals surface area contributed by atoms with Gasteiger partial charge in [-0.05, 0) is 24.5 Å². The maximum atomic E-state index is 14.3. The van der Waals surface area contributed by atoms with Crippen LogP contribution in [-0.2, 0) is 6.42 Å². The molecular weight excluding hydrogens is 191 g/mol. The molecule has 1 saturated carbocycles. The van der Waals surface area contributed by atoms with Crippen molar-refractivity contribution in [3.63, 3.8) is 0 Å². The van der Waals surface area contributed by atoms with Crippen molar-refractivity contribution in [1.82, 2.24) is 4.98 Å². The zero-order valence-electron chi connectivity index (χ0n) is 8.88. The Bertz CT molecular complexity index is 315.